The van der Waals surface area contributed by atoms with E-state index in [0.29, 0.717) is 24.6 Å². The van der Waals surface area contributed by atoms with Crippen LogP contribution in [0.5, 0.6) is 5.75 Å². The lowest BCUT2D eigenvalue weighted by Gasteiger charge is -2.33. The Morgan fingerprint density at radius 3 is 2.55 bits per heavy atom. The molecule has 2 N–H and O–H groups in total. The van der Waals surface area contributed by atoms with E-state index in [0.717, 1.165) is 12.8 Å². The molecule has 124 valence electrons. The largest absolute Gasteiger partial charge is 0.435 e. The second-order valence-corrected chi connectivity index (χ2v) is 5.40. The van der Waals surface area contributed by atoms with Crippen LogP contribution in [0.1, 0.15) is 30.1 Å². The Labute approximate surface area is 135 Å². The molecule has 1 fully saturated rings. The summed E-state index contributed by atoms with van der Waals surface area (Å²) in [6.07, 6.45) is 1.74. The first-order valence-corrected chi connectivity index (χ1v) is 7.07. The van der Waals surface area contributed by atoms with Gasteiger partial charge in [-0.3, -0.25) is 4.79 Å². The third-order valence-electron chi connectivity index (χ3n) is 3.88. The average Bonchev–Trinajstić information content (AvgIpc) is 2.46. The number of hydrogen-bond donors (Lipinski definition) is 1. The van der Waals surface area contributed by atoms with Crippen LogP contribution in [0.4, 0.5) is 8.78 Å². The molecule has 0 aliphatic carbocycles. The van der Waals surface area contributed by atoms with Gasteiger partial charge in [-0.1, -0.05) is 6.07 Å². The Kier molecular flexibility index (Phi) is 7.03. The summed E-state index contributed by atoms with van der Waals surface area (Å²) in [7, 11) is 0. The number of piperidine rings is 1. The smallest absolute Gasteiger partial charge is 0.387 e. The van der Waals surface area contributed by atoms with Crippen LogP contribution in [0.15, 0.2) is 24.3 Å². The van der Waals surface area contributed by atoms with Gasteiger partial charge in [-0.15, -0.1) is 12.4 Å². The summed E-state index contributed by atoms with van der Waals surface area (Å²) in [6.45, 7) is 0.376. The van der Waals surface area contributed by atoms with Gasteiger partial charge in [-0.05, 0) is 43.9 Å². The van der Waals surface area contributed by atoms with Gasteiger partial charge < -0.3 is 15.4 Å². The fourth-order valence-corrected chi connectivity index (χ4v) is 2.62. The van der Waals surface area contributed by atoms with Crippen molar-refractivity contribution >= 4 is 18.3 Å². The van der Waals surface area contributed by atoms with Crippen LogP contribution in [-0.2, 0) is 0 Å². The summed E-state index contributed by atoms with van der Waals surface area (Å²) < 4.78 is 28.7. The zero-order valence-electron chi connectivity index (χ0n) is 12.4. The van der Waals surface area contributed by atoms with Gasteiger partial charge in [-0.25, -0.2) is 0 Å². The molecule has 1 aliphatic rings. The monoisotopic (exact) mass is 334 g/mol. The molecule has 0 radical (unpaired) electrons. The standard InChI is InChI=1S/C15H20F2N2O2.ClH/c1-10(18)11-5-7-19(8-6-11)14(20)12-3-2-4-13(9-12)21-15(16)17;/h2-4,9-11,15H,5-8,18H2,1H3;1H. The predicted octanol–water partition coefficient (Wildman–Crippen LogP) is 2.91. The predicted molar refractivity (Wildman–Crippen MR) is 82.6 cm³/mol. The van der Waals surface area contributed by atoms with Gasteiger partial charge in [0.2, 0.25) is 0 Å². The first-order chi connectivity index (χ1) is 9.97. The Balaban J connectivity index is 0.00000242. The quantitative estimate of drug-likeness (QED) is 0.921. The number of carbonyl (C=O) groups is 1. The summed E-state index contributed by atoms with van der Waals surface area (Å²) in [5, 5.41) is 0. The van der Waals surface area contributed by atoms with E-state index in [4.69, 9.17) is 5.73 Å². The van der Waals surface area contributed by atoms with E-state index in [1.54, 1.807) is 17.0 Å². The Morgan fingerprint density at radius 1 is 1.36 bits per heavy atom. The number of amides is 1. The fourth-order valence-electron chi connectivity index (χ4n) is 2.62. The van der Waals surface area contributed by atoms with Crippen LogP contribution in [0.2, 0.25) is 0 Å². The van der Waals surface area contributed by atoms with Gasteiger partial charge in [0.1, 0.15) is 5.75 Å². The van der Waals surface area contributed by atoms with Crippen LogP contribution < -0.4 is 10.5 Å². The van der Waals surface area contributed by atoms with Gasteiger partial charge >= 0.3 is 6.61 Å². The molecule has 0 saturated carbocycles. The molecule has 1 aromatic rings. The summed E-state index contributed by atoms with van der Waals surface area (Å²) in [4.78, 5) is 14.1. The number of rotatable bonds is 4. The molecule has 1 unspecified atom stereocenters. The Morgan fingerprint density at radius 2 is 2.00 bits per heavy atom. The van der Waals surface area contributed by atoms with Crippen molar-refractivity contribution in [3.8, 4) is 5.75 Å². The topological polar surface area (TPSA) is 55.6 Å². The minimum Gasteiger partial charge on any atom is -0.435 e. The van der Waals surface area contributed by atoms with E-state index in [1.165, 1.54) is 12.1 Å². The van der Waals surface area contributed by atoms with E-state index in [2.05, 4.69) is 4.74 Å². The van der Waals surface area contributed by atoms with Crippen LogP contribution in [0.3, 0.4) is 0 Å². The molecular formula is C15H21ClF2N2O2. The fraction of sp³-hybridized carbons (Fsp3) is 0.533. The molecule has 1 amide bonds. The molecule has 1 atom stereocenters. The Hall–Kier alpha value is -1.40. The van der Waals surface area contributed by atoms with E-state index in [9.17, 15) is 13.6 Å². The van der Waals surface area contributed by atoms with Crippen molar-refractivity contribution in [3.05, 3.63) is 29.8 Å². The highest BCUT2D eigenvalue weighted by atomic mass is 35.5. The number of ether oxygens (including phenoxy) is 1. The minimum atomic E-state index is -2.89. The number of nitrogens with zero attached hydrogens (tertiary/aromatic N) is 1. The number of hydrogen-bond acceptors (Lipinski definition) is 3. The highest BCUT2D eigenvalue weighted by molar-refractivity contribution is 5.94. The molecule has 0 bridgehead atoms. The van der Waals surface area contributed by atoms with Crippen LogP contribution in [-0.4, -0.2) is 36.5 Å². The number of likely N-dealkylation sites (tertiary alicyclic amines) is 1. The number of alkyl halides is 2. The lowest BCUT2D eigenvalue weighted by molar-refractivity contribution is -0.0499. The van der Waals surface area contributed by atoms with Gasteiger partial charge in [0.05, 0.1) is 0 Å². The van der Waals surface area contributed by atoms with Crippen molar-refractivity contribution in [2.24, 2.45) is 11.7 Å². The molecule has 2 rings (SSSR count). The highest BCUT2D eigenvalue weighted by Gasteiger charge is 2.25. The van der Waals surface area contributed by atoms with Crippen LogP contribution >= 0.6 is 12.4 Å². The van der Waals surface area contributed by atoms with E-state index in [-0.39, 0.29) is 30.1 Å². The normalized spacial score (nSPS) is 17.0. The third-order valence-corrected chi connectivity index (χ3v) is 3.88. The third kappa shape index (κ3) is 4.81. The van der Waals surface area contributed by atoms with Gasteiger partial charge in [0.25, 0.3) is 5.91 Å². The van der Waals surface area contributed by atoms with Crippen LogP contribution in [0, 0.1) is 5.92 Å². The first kappa shape index (κ1) is 18.6. The van der Waals surface area contributed by atoms with Crippen molar-refractivity contribution in [2.75, 3.05) is 13.1 Å². The maximum Gasteiger partial charge on any atom is 0.387 e. The van der Waals surface area contributed by atoms with Crippen molar-refractivity contribution in [3.63, 3.8) is 0 Å². The van der Waals surface area contributed by atoms with E-state index in [1.807, 2.05) is 6.92 Å². The number of benzene rings is 1. The second-order valence-electron chi connectivity index (χ2n) is 5.40. The van der Waals surface area contributed by atoms with Crippen molar-refractivity contribution in [2.45, 2.75) is 32.4 Å². The van der Waals surface area contributed by atoms with Crippen molar-refractivity contribution < 1.29 is 18.3 Å². The molecule has 1 saturated heterocycles. The lowest BCUT2D eigenvalue weighted by atomic mass is 9.90. The molecule has 1 aromatic carbocycles. The zero-order valence-corrected chi connectivity index (χ0v) is 13.2. The Bertz CT molecular complexity index is 492. The van der Waals surface area contributed by atoms with E-state index < -0.39 is 6.61 Å². The maximum atomic E-state index is 12.4. The maximum absolute atomic E-state index is 12.4. The number of halogens is 3. The van der Waals surface area contributed by atoms with Gasteiger partial charge in [-0.2, -0.15) is 8.78 Å². The summed E-state index contributed by atoms with van der Waals surface area (Å²) in [5.74, 6) is 0.279. The van der Waals surface area contributed by atoms with Crippen molar-refractivity contribution in [1.82, 2.24) is 4.90 Å². The summed E-state index contributed by atoms with van der Waals surface area (Å²) in [6, 6.07) is 6.04. The van der Waals surface area contributed by atoms with E-state index >= 15 is 0 Å². The SMILES string of the molecule is CC(N)C1CCN(C(=O)c2cccc(OC(F)F)c2)CC1.Cl. The summed E-state index contributed by atoms with van der Waals surface area (Å²) in [5.41, 5.74) is 6.24. The number of carbonyl (C=O) groups excluding carboxylic acids is 1. The lowest BCUT2D eigenvalue weighted by Crippen LogP contribution is -2.42. The molecule has 1 heterocycles. The second kappa shape index (κ2) is 8.29. The molecule has 22 heavy (non-hydrogen) atoms. The number of nitrogens with two attached hydrogens (primary N) is 1. The molecular weight excluding hydrogens is 314 g/mol. The highest BCUT2D eigenvalue weighted by Crippen LogP contribution is 2.22. The molecule has 0 aromatic heterocycles. The molecule has 1 aliphatic heterocycles. The molecule has 0 spiro atoms. The molecule has 4 nitrogen and oxygen atoms in total. The van der Waals surface area contributed by atoms with Crippen molar-refractivity contribution in [1.29, 1.82) is 0 Å². The van der Waals surface area contributed by atoms with Crippen LogP contribution in [0.25, 0.3) is 0 Å². The summed E-state index contributed by atoms with van der Waals surface area (Å²) >= 11 is 0. The van der Waals surface area contributed by atoms with Gasteiger partial charge in [0, 0.05) is 24.7 Å². The molecule has 7 heteroatoms. The first-order valence-electron chi connectivity index (χ1n) is 7.07. The van der Waals surface area contributed by atoms with Gasteiger partial charge in [0.15, 0.2) is 0 Å². The minimum absolute atomic E-state index is 0. The average molecular weight is 335 g/mol. The zero-order chi connectivity index (χ0) is 15.4.